The van der Waals surface area contributed by atoms with Gasteiger partial charge >= 0.3 is 0 Å². The van der Waals surface area contributed by atoms with Crippen LogP contribution in [0.5, 0.6) is 0 Å². The molecule has 2 amide bonds. The van der Waals surface area contributed by atoms with Gasteiger partial charge in [-0.1, -0.05) is 33.1 Å². The molecule has 1 spiro atoms. The van der Waals surface area contributed by atoms with Gasteiger partial charge in [-0.15, -0.1) is 0 Å². The maximum atomic E-state index is 12.9. The van der Waals surface area contributed by atoms with Crippen molar-refractivity contribution in [1.82, 2.24) is 24.9 Å². The van der Waals surface area contributed by atoms with Crippen LogP contribution in [0.4, 0.5) is 0 Å². The molecule has 2 heterocycles. The van der Waals surface area contributed by atoms with Crippen molar-refractivity contribution in [2.45, 2.75) is 64.3 Å². The molecule has 29 heavy (non-hydrogen) atoms. The summed E-state index contributed by atoms with van der Waals surface area (Å²) in [4.78, 5) is 30.2. The fraction of sp³-hybridized carbons (Fsp3) is 0.773. The molecule has 2 aliphatic rings. The molecule has 7 heteroatoms. The molecule has 1 aliphatic heterocycles. The first-order valence-electron chi connectivity index (χ1n) is 11.2. The van der Waals surface area contributed by atoms with Crippen LogP contribution in [0.2, 0.25) is 0 Å². The molecule has 0 bridgehead atoms. The number of hydrogen-bond acceptors (Lipinski definition) is 4. The number of nitrogens with one attached hydrogen (secondary N) is 1. The minimum absolute atomic E-state index is 0.00520. The van der Waals surface area contributed by atoms with Crippen LogP contribution in [0.15, 0.2) is 12.4 Å². The average molecular weight is 404 g/mol. The van der Waals surface area contributed by atoms with Gasteiger partial charge in [-0.3, -0.25) is 19.2 Å². The van der Waals surface area contributed by atoms with Gasteiger partial charge in [0.1, 0.15) is 0 Å². The van der Waals surface area contributed by atoms with Crippen LogP contribution in [-0.2, 0) is 11.8 Å². The molecule has 2 fully saturated rings. The van der Waals surface area contributed by atoms with Gasteiger partial charge in [0.15, 0.2) is 0 Å². The highest BCUT2D eigenvalue weighted by molar-refractivity contribution is 5.93. The number of aryl methyl sites for hydroxylation is 1. The van der Waals surface area contributed by atoms with E-state index in [0.29, 0.717) is 37.5 Å². The standard InChI is InChI=1S/C22H37N5O2/c1-18(2)16-27-12-7-11-26(21(29)19-15-24-25(3)17-19)13-10-23-20(28)14-22(27)8-5-4-6-9-22/h15,17-18H,4-14,16H2,1-3H3,(H,23,28). The zero-order valence-electron chi connectivity index (χ0n) is 18.3. The summed E-state index contributed by atoms with van der Waals surface area (Å²) in [6.45, 7) is 8.18. The summed E-state index contributed by atoms with van der Waals surface area (Å²) in [6.07, 6.45) is 10.8. The largest absolute Gasteiger partial charge is 0.354 e. The Morgan fingerprint density at radius 2 is 1.93 bits per heavy atom. The van der Waals surface area contributed by atoms with Crippen molar-refractivity contribution >= 4 is 11.8 Å². The quantitative estimate of drug-likeness (QED) is 0.842. The second-order valence-corrected chi connectivity index (χ2v) is 9.20. The molecule has 0 aromatic carbocycles. The van der Waals surface area contributed by atoms with Crippen molar-refractivity contribution in [3.8, 4) is 0 Å². The first-order chi connectivity index (χ1) is 13.9. The second kappa shape index (κ2) is 9.74. The third kappa shape index (κ3) is 5.59. The maximum Gasteiger partial charge on any atom is 0.257 e. The number of carbonyl (C=O) groups excluding carboxylic acids is 2. The van der Waals surface area contributed by atoms with Gasteiger partial charge in [0.2, 0.25) is 5.91 Å². The van der Waals surface area contributed by atoms with E-state index >= 15 is 0 Å². The van der Waals surface area contributed by atoms with Crippen LogP contribution in [0, 0.1) is 5.92 Å². The Morgan fingerprint density at radius 1 is 1.17 bits per heavy atom. The Hall–Kier alpha value is -1.89. The predicted molar refractivity (Wildman–Crippen MR) is 114 cm³/mol. The third-order valence-electron chi connectivity index (χ3n) is 6.33. The number of nitrogens with zero attached hydrogens (tertiary/aromatic N) is 4. The summed E-state index contributed by atoms with van der Waals surface area (Å²) in [6, 6.07) is 0. The number of amides is 2. The van der Waals surface area contributed by atoms with E-state index in [9.17, 15) is 9.59 Å². The molecule has 1 aromatic heterocycles. The highest BCUT2D eigenvalue weighted by Crippen LogP contribution is 2.37. The van der Waals surface area contributed by atoms with Crippen molar-refractivity contribution in [2.24, 2.45) is 13.0 Å². The highest BCUT2D eigenvalue weighted by Gasteiger charge is 2.40. The second-order valence-electron chi connectivity index (χ2n) is 9.20. The monoisotopic (exact) mass is 403 g/mol. The predicted octanol–water partition coefficient (Wildman–Crippen LogP) is 2.43. The number of carbonyl (C=O) groups is 2. The van der Waals surface area contributed by atoms with Gasteiger partial charge < -0.3 is 10.2 Å². The summed E-state index contributed by atoms with van der Waals surface area (Å²) in [7, 11) is 1.82. The van der Waals surface area contributed by atoms with Crippen LogP contribution in [-0.4, -0.2) is 69.7 Å². The Bertz CT molecular complexity index is 693. The van der Waals surface area contributed by atoms with Crippen molar-refractivity contribution < 1.29 is 9.59 Å². The number of hydrogen-bond donors (Lipinski definition) is 1. The van der Waals surface area contributed by atoms with E-state index < -0.39 is 0 Å². The maximum absolute atomic E-state index is 12.9. The lowest BCUT2D eigenvalue weighted by atomic mass is 9.77. The smallest absolute Gasteiger partial charge is 0.257 e. The van der Waals surface area contributed by atoms with E-state index in [1.165, 1.54) is 19.3 Å². The normalized spacial score (nSPS) is 21.8. The summed E-state index contributed by atoms with van der Waals surface area (Å²) in [5.74, 6) is 0.667. The van der Waals surface area contributed by atoms with E-state index in [2.05, 4.69) is 29.2 Å². The molecular formula is C22H37N5O2. The Morgan fingerprint density at radius 3 is 2.59 bits per heavy atom. The molecule has 1 N–H and O–H groups in total. The first-order valence-corrected chi connectivity index (χ1v) is 11.2. The topological polar surface area (TPSA) is 70.5 Å². The molecule has 3 rings (SSSR count). The van der Waals surface area contributed by atoms with Gasteiger partial charge in [0.05, 0.1) is 11.8 Å². The molecule has 1 aromatic rings. The van der Waals surface area contributed by atoms with Crippen molar-refractivity contribution in [3.63, 3.8) is 0 Å². The Labute approximate surface area is 174 Å². The van der Waals surface area contributed by atoms with E-state index in [1.807, 2.05) is 11.9 Å². The lowest BCUT2D eigenvalue weighted by Gasteiger charge is -2.47. The highest BCUT2D eigenvalue weighted by atomic mass is 16.2. The zero-order chi connectivity index (χ0) is 20.9. The van der Waals surface area contributed by atoms with Crippen molar-refractivity contribution in [3.05, 3.63) is 18.0 Å². The van der Waals surface area contributed by atoms with Crippen molar-refractivity contribution in [2.75, 3.05) is 32.7 Å². The molecular weight excluding hydrogens is 366 g/mol. The minimum Gasteiger partial charge on any atom is -0.354 e. The lowest BCUT2D eigenvalue weighted by molar-refractivity contribution is -0.125. The van der Waals surface area contributed by atoms with Gasteiger partial charge in [-0.25, -0.2) is 0 Å². The van der Waals surface area contributed by atoms with Crippen LogP contribution in [0.3, 0.4) is 0 Å². The number of aromatic nitrogens is 2. The summed E-state index contributed by atoms with van der Waals surface area (Å²) in [5.41, 5.74) is 0.589. The van der Waals surface area contributed by atoms with Crippen LogP contribution in [0.1, 0.15) is 69.2 Å². The van der Waals surface area contributed by atoms with Crippen LogP contribution < -0.4 is 5.32 Å². The lowest BCUT2D eigenvalue weighted by Crippen LogP contribution is -2.54. The van der Waals surface area contributed by atoms with Gasteiger partial charge in [0, 0.05) is 57.9 Å². The van der Waals surface area contributed by atoms with Crippen LogP contribution in [0.25, 0.3) is 0 Å². The molecule has 0 unspecified atom stereocenters. The molecule has 162 valence electrons. The molecule has 7 nitrogen and oxygen atoms in total. The molecule has 0 atom stereocenters. The van der Waals surface area contributed by atoms with E-state index in [0.717, 1.165) is 32.4 Å². The average Bonchev–Trinajstić information content (AvgIpc) is 3.11. The van der Waals surface area contributed by atoms with Gasteiger partial charge in [-0.05, 0) is 25.2 Å². The minimum atomic E-state index is -0.0187. The molecule has 1 saturated heterocycles. The fourth-order valence-corrected chi connectivity index (χ4v) is 4.95. The van der Waals surface area contributed by atoms with Gasteiger partial charge in [-0.2, -0.15) is 5.10 Å². The molecule has 1 aliphatic carbocycles. The van der Waals surface area contributed by atoms with E-state index in [-0.39, 0.29) is 17.4 Å². The van der Waals surface area contributed by atoms with Crippen LogP contribution >= 0.6 is 0 Å². The number of rotatable bonds is 3. The summed E-state index contributed by atoms with van der Waals surface area (Å²) >= 11 is 0. The van der Waals surface area contributed by atoms with E-state index in [4.69, 9.17) is 0 Å². The first kappa shape index (κ1) is 21.8. The SMILES string of the molecule is CC(C)CN1CCCN(C(=O)c2cnn(C)c2)CCNC(=O)CC12CCCCC2. The fourth-order valence-electron chi connectivity index (χ4n) is 4.95. The Kier molecular flexibility index (Phi) is 7.33. The summed E-state index contributed by atoms with van der Waals surface area (Å²) in [5, 5.41) is 7.21. The summed E-state index contributed by atoms with van der Waals surface area (Å²) < 4.78 is 1.65. The molecule has 1 saturated carbocycles. The van der Waals surface area contributed by atoms with Gasteiger partial charge in [0.25, 0.3) is 5.91 Å². The van der Waals surface area contributed by atoms with Crippen molar-refractivity contribution in [1.29, 1.82) is 0 Å². The Balaban J connectivity index is 1.77. The third-order valence-corrected chi connectivity index (χ3v) is 6.33. The van der Waals surface area contributed by atoms with E-state index in [1.54, 1.807) is 17.1 Å². The molecule has 0 radical (unpaired) electrons. The zero-order valence-corrected chi connectivity index (χ0v) is 18.3.